The van der Waals surface area contributed by atoms with Gasteiger partial charge in [-0.25, -0.2) is 0 Å². The van der Waals surface area contributed by atoms with E-state index in [1.54, 1.807) is 0 Å². The molecule has 2 atom stereocenters. The van der Waals surface area contributed by atoms with E-state index in [2.05, 4.69) is 169 Å². The molecule has 0 amide bonds. The Hall–Kier alpha value is 0.199. The Balaban J connectivity index is 0. The van der Waals surface area contributed by atoms with Crippen LogP contribution in [0.5, 0.6) is 0 Å². The number of rotatable bonds is 8. The maximum atomic E-state index is 9.89. The van der Waals surface area contributed by atoms with E-state index in [4.69, 9.17) is 0 Å². The van der Waals surface area contributed by atoms with Gasteiger partial charge in [0.05, 0.1) is 0 Å². The molecule has 2 rings (SSSR count). The molecule has 54 heavy (non-hydrogen) atoms. The quantitative estimate of drug-likeness (QED) is 0.238. The number of aliphatic hydroxyl groups is 2. The van der Waals surface area contributed by atoms with Gasteiger partial charge in [-0.05, 0) is 106 Å². The molecular weight excluding hydrogens is 720 g/mol. The van der Waals surface area contributed by atoms with E-state index in [9.17, 15) is 10.2 Å². The van der Waals surface area contributed by atoms with Gasteiger partial charge in [0.2, 0.25) is 0 Å². The molecule has 2 aliphatic rings. The summed E-state index contributed by atoms with van der Waals surface area (Å²) in [6.07, 6.45) is -1.12. The summed E-state index contributed by atoms with van der Waals surface area (Å²) in [6.45, 7) is 62.3. The van der Waals surface area contributed by atoms with Crippen LogP contribution >= 0.6 is 0 Å². The molecule has 0 aliphatic carbocycles. The SMILES string of the molecule is CC(C)(C)N1CCN(C(C)(C)C)C12N(C(C)(C)C)CCN2C(C)(C)C.CC(C)C([N-]C(O)C(C)(C)C)C(C)C.CC(C)C([N-]C(O)C(C)(C)C)C(C)C.[Cu+2]. The Morgan fingerprint density at radius 3 is 0.667 bits per heavy atom. The van der Waals surface area contributed by atoms with Crippen molar-refractivity contribution < 1.29 is 27.3 Å². The third kappa shape index (κ3) is 15.4. The monoisotopic (exact) mass is 816 g/mol. The van der Waals surface area contributed by atoms with Crippen LogP contribution in [0, 0.1) is 34.5 Å². The number of hydrogen-bond acceptors (Lipinski definition) is 6. The van der Waals surface area contributed by atoms with Crippen molar-refractivity contribution >= 4 is 0 Å². The van der Waals surface area contributed by atoms with Crippen molar-refractivity contribution in [3.05, 3.63) is 10.6 Å². The second-order valence-electron chi connectivity index (χ2n) is 23.6. The summed E-state index contributed by atoms with van der Waals surface area (Å²) in [5.74, 6) is 1.80. The molecule has 2 heterocycles. The average molecular weight is 817 g/mol. The van der Waals surface area contributed by atoms with Crippen LogP contribution in [0.3, 0.4) is 0 Å². The van der Waals surface area contributed by atoms with E-state index in [1.165, 1.54) is 0 Å². The summed E-state index contributed by atoms with van der Waals surface area (Å²) in [6, 6.07) is 0.508. The van der Waals surface area contributed by atoms with Crippen molar-refractivity contribution in [1.29, 1.82) is 0 Å². The fourth-order valence-electron chi connectivity index (χ4n) is 8.02. The summed E-state index contributed by atoms with van der Waals surface area (Å²) in [5.41, 5.74) is 0.132. The van der Waals surface area contributed by atoms with Gasteiger partial charge in [-0.15, -0.1) is 12.1 Å². The van der Waals surface area contributed by atoms with E-state index in [-0.39, 0.29) is 68.0 Å². The van der Waals surface area contributed by atoms with Crippen molar-refractivity contribution in [3.63, 3.8) is 0 Å². The summed E-state index contributed by atoms with van der Waals surface area (Å²) in [7, 11) is 0. The topological polar surface area (TPSA) is 81.6 Å². The van der Waals surface area contributed by atoms with Gasteiger partial charge in [-0.2, -0.15) is 0 Å². The minimum atomic E-state index is -0.558. The second kappa shape index (κ2) is 20.4. The molecule has 0 aromatic heterocycles. The summed E-state index contributed by atoms with van der Waals surface area (Å²) in [5, 5.41) is 28.8. The van der Waals surface area contributed by atoms with Crippen molar-refractivity contribution in [2.75, 3.05) is 26.2 Å². The number of hydrogen-bond donors (Lipinski definition) is 2. The van der Waals surface area contributed by atoms with Gasteiger partial charge < -0.3 is 20.8 Å². The third-order valence-electron chi connectivity index (χ3n) is 10.7. The van der Waals surface area contributed by atoms with Crippen molar-refractivity contribution in [2.24, 2.45) is 34.5 Å². The normalized spacial score (nSPS) is 19.9. The first-order valence-corrected chi connectivity index (χ1v) is 21.1. The van der Waals surface area contributed by atoms with Crippen LogP contribution in [0.15, 0.2) is 0 Å². The first-order chi connectivity index (χ1) is 23.3. The van der Waals surface area contributed by atoms with Crippen LogP contribution in [0.1, 0.15) is 180 Å². The molecule has 0 aromatic rings. The molecule has 2 aliphatic heterocycles. The number of nitrogens with zero attached hydrogens (tertiary/aromatic N) is 6. The molecule has 2 unspecified atom stereocenters. The van der Waals surface area contributed by atoms with Crippen molar-refractivity contribution in [1.82, 2.24) is 19.6 Å². The van der Waals surface area contributed by atoms with Gasteiger partial charge in [0.1, 0.15) is 0 Å². The molecule has 8 nitrogen and oxygen atoms in total. The van der Waals surface area contributed by atoms with Crippen LogP contribution in [0.2, 0.25) is 0 Å². The standard InChI is InChI=1S/C21H44N4.2C12H26NO.Cu/c1-17(2,3)22-13-14-23(18(4,5)6)21(22)24(19(7,8)9)15-16-25(21)20(10,11)12;2*1-8(2)10(9(3)4)13-11(14)12(5,6)7;/h13-16H2,1-12H3;2*8-11,14H,1-7H3;/q;2*-1;+2. The van der Waals surface area contributed by atoms with E-state index < -0.39 is 12.5 Å². The van der Waals surface area contributed by atoms with E-state index in [0.29, 0.717) is 23.7 Å². The maximum Gasteiger partial charge on any atom is 2.00 e. The largest absolute Gasteiger partial charge is 2.00 e. The molecule has 0 bridgehead atoms. The summed E-state index contributed by atoms with van der Waals surface area (Å²) in [4.78, 5) is 11.0. The Bertz CT molecular complexity index is 905. The van der Waals surface area contributed by atoms with Gasteiger partial charge in [-0.3, -0.25) is 19.6 Å². The smallest absolute Gasteiger partial charge is 0.633 e. The molecule has 2 fully saturated rings. The minimum Gasteiger partial charge on any atom is -0.633 e. The van der Waals surface area contributed by atoms with Gasteiger partial charge in [0.25, 0.3) is 0 Å². The minimum absolute atomic E-state index is 0. The second-order valence-corrected chi connectivity index (χ2v) is 23.6. The van der Waals surface area contributed by atoms with Crippen molar-refractivity contribution in [3.8, 4) is 0 Å². The summed E-state index contributed by atoms with van der Waals surface area (Å²) >= 11 is 0. The fourth-order valence-corrected chi connectivity index (χ4v) is 8.02. The van der Waals surface area contributed by atoms with E-state index in [0.717, 1.165) is 26.2 Å². The van der Waals surface area contributed by atoms with E-state index >= 15 is 0 Å². The Kier molecular flexibility index (Phi) is 21.3. The van der Waals surface area contributed by atoms with Crippen LogP contribution < -0.4 is 0 Å². The van der Waals surface area contributed by atoms with Crippen LogP contribution in [0.25, 0.3) is 10.6 Å². The van der Waals surface area contributed by atoms with Crippen LogP contribution in [-0.2, 0) is 17.1 Å². The molecule has 329 valence electrons. The zero-order valence-electron chi connectivity index (χ0n) is 40.8. The fraction of sp³-hybridized carbons (Fsp3) is 1.00. The predicted molar refractivity (Wildman–Crippen MR) is 233 cm³/mol. The Labute approximate surface area is 349 Å². The zero-order chi connectivity index (χ0) is 42.7. The predicted octanol–water partition coefficient (Wildman–Crippen LogP) is 10.8. The molecule has 0 saturated carbocycles. The maximum absolute atomic E-state index is 9.89. The molecule has 1 radical (unpaired) electrons. The van der Waals surface area contributed by atoms with Crippen LogP contribution in [0.4, 0.5) is 0 Å². The zero-order valence-corrected chi connectivity index (χ0v) is 41.8. The Morgan fingerprint density at radius 1 is 0.389 bits per heavy atom. The first kappa shape index (κ1) is 56.3. The van der Waals surface area contributed by atoms with Gasteiger partial charge >= 0.3 is 17.1 Å². The molecular formula is C45H96CuN6O2. The van der Waals surface area contributed by atoms with Gasteiger partial charge in [0.15, 0.2) is 5.91 Å². The average Bonchev–Trinajstić information content (AvgIpc) is 3.51. The summed E-state index contributed by atoms with van der Waals surface area (Å²) < 4.78 is 0. The first-order valence-electron chi connectivity index (χ1n) is 21.1. The molecule has 2 saturated heterocycles. The Morgan fingerprint density at radius 2 is 0.556 bits per heavy atom. The van der Waals surface area contributed by atoms with Crippen LogP contribution in [-0.4, -0.2) is 109 Å². The van der Waals surface area contributed by atoms with Crippen molar-refractivity contribution in [2.45, 2.75) is 233 Å². The van der Waals surface area contributed by atoms with E-state index in [1.807, 2.05) is 41.5 Å². The molecule has 0 aromatic carbocycles. The molecule has 9 heteroatoms. The van der Waals surface area contributed by atoms with Gasteiger partial charge in [0, 0.05) is 48.3 Å². The van der Waals surface area contributed by atoms with Gasteiger partial charge in [-0.1, -0.05) is 121 Å². The molecule has 1 spiro atoms. The molecule has 2 N–H and O–H groups in total. The number of aliphatic hydroxyl groups excluding tert-OH is 2. The third-order valence-corrected chi connectivity index (χ3v) is 10.7.